The van der Waals surface area contributed by atoms with Crippen LogP contribution in [0.15, 0.2) is 30.3 Å². The summed E-state index contributed by atoms with van der Waals surface area (Å²) in [6.07, 6.45) is -0.132. The zero-order valence-corrected chi connectivity index (χ0v) is 15.1. The largest absolute Gasteiger partial charge is 0.378 e. The molecule has 0 aliphatic carbocycles. The van der Waals surface area contributed by atoms with E-state index in [1.54, 1.807) is 7.11 Å². The highest BCUT2D eigenvalue weighted by molar-refractivity contribution is 5.81. The Morgan fingerprint density at radius 1 is 1.24 bits per heavy atom. The number of hydrogen-bond donors (Lipinski definition) is 3. The zero-order valence-electron chi connectivity index (χ0n) is 15.1. The Morgan fingerprint density at radius 2 is 1.96 bits per heavy atom. The van der Waals surface area contributed by atoms with E-state index in [-0.39, 0.29) is 30.1 Å². The van der Waals surface area contributed by atoms with Crippen molar-refractivity contribution < 1.29 is 14.3 Å². The smallest absolute Gasteiger partial charge is 0.315 e. The maximum atomic E-state index is 12.4. The van der Waals surface area contributed by atoms with E-state index in [2.05, 4.69) is 16.0 Å². The third-order valence-corrected chi connectivity index (χ3v) is 4.49. The Hall–Kier alpha value is -2.12. The normalized spacial score (nSPS) is 21.6. The molecule has 0 saturated carbocycles. The van der Waals surface area contributed by atoms with Gasteiger partial charge in [-0.25, -0.2) is 4.79 Å². The lowest BCUT2D eigenvalue weighted by molar-refractivity contribution is -0.125. The number of nitrogens with one attached hydrogen (secondary N) is 3. The van der Waals surface area contributed by atoms with Crippen LogP contribution in [0.2, 0.25) is 0 Å². The Labute approximate surface area is 149 Å². The first-order chi connectivity index (χ1) is 12.0. The summed E-state index contributed by atoms with van der Waals surface area (Å²) in [6.45, 7) is 6.00. The van der Waals surface area contributed by atoms with E-state index in [1.165, 1.54) is 0 Å². The number of carbonyl (C=O) groups is 2. The lowest BCUT2D eigenvalue weighted by Gasteiger charge is -2.23. The highest BCUT2D eigenvalue weighted by Crippen LogP contribution is 2.16. The van der Waals surface area contributed by atoms with Crippen molar-refractivity contribution >= 4 is 11.9 Å². The monoisotopic (exact) mass is 348 g/mol. The third-order valence-electron chi connectivity index (χ3n) is 4.49. The molecule has 1 aromatic rings. The van der Waals surface area contributed by atoms with Gasteiger partial charge in [-0.15, -0.1) is 0 Å². The highest BCUT2D eigenvalue weighted by Gasteiger charge is 2.37. The van der Waals surface area contributed by atoms with E-state index in [9.17, 15) is 9.59 Å². The first-order valence-corrected chi connectivity index (χ1v) is 8.68. The van der Waals surface area contributed by atoms with Crippen LogP contribution in [0.1, 0.15) is 19.4 Å². The van der Waals surface area contributed by atoms with Gasteiger partial charge >= 0.3 is 6.03 Å². The summed E-state index contributed by atoms with van der Waals surface area (Å²) < 4.78 is 5.48. The summed E-state index contributed by atoms with van der Waals surface area (Å²) >= 11 is 0. The molecule has 25 heavy (non-hydrogen) atoms. The van der Waals surface area contributed by atoms with Crippen LogP contribution in [-0.4, -0.2) is 61.8 Å². The first kappa shape index (κ1) is 19.2. The van der Waals surface area contributed by atoms with Gasteiger partial charge in [0.1, 0.15) is 0 Å². The van der Waals surface area contributed by atoms with E-state index in [1.807, 2.05) is 49.1 Å². The molecule has 138 valence electrons. The van der Waals surface area contributed by atoms with E-state index < -0.39 is 0 Å². The molecule has 3 N–H and O–H groups in total. The number of likely N-dealkylation sites (tertiary alicyclic amines) is 1. The van der Waals surface area contributed by atoms with Crippen molar-refractivity contribution in [2.24, 2.45) is 0 Å². The summed E-state index contributed by atoms with van der Waals surface area (Å²) in [5.41, 5.74) is 1.06. The number of ether oxygens (including phenoxy) is 1. The van der Waals surface area contributed by atoms with Crippen molar-refractivity contribution in [3.05, 3.63) is 35.9 Å². The van der Waals surface area contributed by atoms with Crippen molar-refractivity contribution in [3.63, 3.8) is 0 Å². The maximum Gasteiger partial charge on any atom is 0.315 e. The fourth-order valence-corrected chi connectivity index (χ4v) is 2.98. The van der Waals surface area contributed by atoms with Crippen molar-refractivity contribution in [2.75, 3.05) is 26.7 Å². The molecule has 1 fully saturated rings. The van der Waals surface area contributed by atoms with Crippen LogP contribution in [0.3, 0.4) is 0 Å². The number of urea groups is 1. The van der Waals surface area contributed by atoms with Gasteiger partial charge in [-0.05, 0) is 19.4 Å². The van der Waals surface area contributed by atoms with E-state index >= 15 is 0 Å². The minimum absolute atomic E-state index is 0.0302. The maximum absolute atomic E-state index is 12.4. The van der Waals surface area contributed by atoms with Gasteiger partial charge in [0.25, 0.3) is 0 Å². The number of amides is 3. The second kappa shape index (κ2) is 9.39. The quantitative estimate of drug-likeness (QED) is 0.678. The number of methoxy groups -OCH3 is 1. The standard InChI is InChI=1S/C18H28N4O3/c1-4-19-18(24)21-15-11-22(12-16(15)25-3)13(2)17(23)20-10-14-8-6-5-7-9-14/h5-9,13,15-16H,4,10-12H2,1-3H3,(H,20,23)(H2,19,21,24)/t13?,15?,16-/m1/s1. The van der Waals surface area contributed by atoms with Gasteiger partial charge in [0.15, 0.2) is 0 Å². The Bertz CT molecular complexity index is 567. The van der Waals surface area contributed by atoms with Gasteiger partial charge in [0.2, 0.25) is 5.91 Å². The Kier molecular flexibility index (Phi) is 7.21. The summed E-state index contributed by atoms with van der Waals surface area (Å²) in [4.78, 5) is 26.2. The van der Waals surface area contributed by atoms with Crippen LogP contribution in [0.4, 0.5) is 4.79 Å². The van der Waals surface area contributed by atoms with Gasteiger partial charge in [-0.3, -0.25) is 9.69 Å². The Balaban J connectivity index is 1.87. The number of nitrogens with zero attached hydrogens (tertiary/aromatic N) is 1. The van der Waals surface area contributed by atoms with Crippen LogP contribution in [0, 0.1) is 0 Å². The van der Waals surface area contributed by atoms with Gasteiger partial charge in [-0.2, -0.15) is 0 Å². The van der Waals surface area contributed by atoms with Crippen molar-refractivity contribution in [2.45, 2.75) is 38.6 Å². The minimum Gasteiger partial charge on any atom is -0.378 e. The van der Waals surface area contributed by atoms with E-state index in [0.717, 1.165) is 5.56 Å². The molecular formula is C18H28N4O3. The molecule has 1 aliphatic rings. The molecule has 1 aromatic carbocycles. The van der Waals surface area contributed by atoms with E-state index in [0.29, 0.717) is 26.2 Å². The lowest BCUT2D eigenvalue weighted by atomic mass is 10.2. The second-order valence-electron chi connectivity index (χ2n) is 6.22. The molecule has 0 bridgehead atoms. The van der Waals surface area contributed by atoms with Crippen molar-refractivity contribution in [1.29, 1.82) is 0 Å². The molecule has 0 aromatic heterocycles. The van der Waals surface area contributed by atoms with Gasteiger partial charge in [-0.1, -0.05) is 30.3 Å². The summed E-state index contributed by atoms with van der Waals surface area (Å²) in [6, 6.07) is 9.17. The van der Waals surface area contributed by atoms with Crippen LogP contribution in [0.25, 0.3) is 0 Å². The van der Waals surface area contributed by atoms with Gasteiger partial charge in [0.05, 0.1) is 18.2 Å². The van der Waals surface area contributed by atoms with Crippen LogP contribution in [0.5, 0.6) is 0 Å². The first-order valence-electron chi connectivity index (χ1n) is 8.68. The van der Waals surface area contributed by atoms with Gasteiger partial charge in [0, 0.05) is 33.3 Å². The van der Waals surface area contributed by atoms with Crippen LogP contribution < -0.4 is 16.0 Å². The molecule has 1 heterocycles. The number of hydrogen-bond acceptors (Lipinski definition) is 4. The average molecular weight is 348 g/mol. The summed E-state index contributed by atoms with van der Waals surface area (Å²) in [5.74, 6) is -0.0302. The molecule has 0 radical (unpaired) electrons. The van der Waals surface area contributed by atoms with Crippen molar-refractivity contribution in [1.82, 2.24) is 20.9 Å². The fourth-order valence-electron chi connectivity index (χ4n) is 2.98. The molecule has 7 nitrogen and oxygen atoms in total. The molecule has 3 atom stereocenters. The summed E-state index contributed by atoms with van der Waals surface area (Å²) in [5, 5.41) is 8.60. The average Bonchev–Trinajstić information content (AvgIpc) is 3.02. The zero-order chi connectivity index (χ0) is 18.2. The molecule has 0 spiro atoms. The Morgan fingerprint density at radius 3 is 2.60 bits per heavy atom. The molecule has 1 saturated heterocycles. The second-order valence-corrected chi connectivity index (χ2v) is 6.22. The molecular weight excluding hydrogens is 320 g/mol. The van der Waals surface area contributed by atoms with Gasteiger partial charge < -0.3 is 20.7 Å². The van der Waals surface area contributed by atoms with Crippen molar-refractivity contribution in [3.8, 4) is 0 Å². The predicted octanol–water partition coefficient (Wildman–Crippen LogP) is 0.710. The summed E-state index contributed by atoms with van der Waals surface area (Å²) in [7, 11) is 1.63. The molecule has 2 rings (SSSR count). The predicted molar refractivity (Wildman–Crippen MR) is 96.1 cm³/mol. The number of rotatable bonds is 7. The van der Waals surface area contributed by atoms with Crippen LogP contribution >= 0.6 is 0 Å². The lowest BCUT2D eigenvalue weighted by Crippen LogP contribution is -2.48. The van der Waals surface area contributed by atoms with E-state index in [4.69, 9.17) is 4.74 Å². The minimum atomic E-state index is -0.289. The molecule has 1 aliphatic heterocycles. The third kappa shape index (κ3) is 5.44. The molecule has 2 unspecified atom stereocenters. The van der Waals surface area contributed by atoms with Crippen LogP contribution in [-0.2, 0) is 16.1 Å². The number of benzene rings is 1. The topological polar surface area (TPSA) is 82.7 Å². The molecule has 3 amide bonds. The molecule has 7 heteroatoms. The number of carbonyl (C=O) groups excluding carboxylic acids is 2. The fraction of sp³-hybridized carbons (Fsp3) is 0.556. The SMILES string of the molecule is CCNC(=O)NC1CN(C(C)C(=O)NCc2ccccc2)C[C@H]1OC. The highest BCUT2D eigenvalue weighted by atomic mass is 16.5.